The number of thiophene rings is 2. The van der Waals surface area contributed by atoms with Crippen LogP contribution in [-0.2, 0) is 6.42 Å². The molecule has 0 aliphatic carbocycles. The Bertz CT molecular complexity index is 732. The van der Waals surface area contributed by atoms with Crippen molar-refractivity contribution in [3.63, 3.8) is 0 Å². The Balaban J connectivity index is 1.80. The van der Waals surface area contributed by atoms with E-state index in [9.17, 15) is 0 Å². The lowest BCUT2D eigenvalue weighted by Gasteiger charge is -2.14. The van der Waals surface area contributed by atoms with Gasteiger partial charge in [-0.05, 0) is 37.4 Å². The van der Waals surface area contributed by atoms with Gasteiger partial charge in [-0.2, -0.15) is 4.98 Å². The number of anilines is 2. The number of nitrogens with one attached hydrogen (secondary N) is 1. The molecule has 0 spiro atoms. The molecule has 0 aliphatic rings. The zero-order valence-corrected chi connectivity index (χ0v) is 13.0. The fourth-order valence-corrected chi connectivity index (χ4v) is 3.95. The van der Waals surface area contributed by atoms with Crippen LogP contribution in [0.4, 0.5) is 11.8 Å². The first-order valence-electron chi connectivity index (χ1n) is 6.44. The highest BCUT2D eigenvalue weighted by atomic mass is 32.1. The van der Waals surface area contributed by atoms with Crippen LogP contribution in [0.5, 0.6) is 0 Å². The largest absolute Gasteiger partial charge is 0.368 e. The standard InChI is InChI=1S/C14H16N4S2/c1-8(7-10-4-3-9(2)20-10)16-12-11-5-6-19-13(11)18-14(15)17-12/h3-6,8H,7H2,1-2H3,(H3,15,16,17,18). The maximum absolute atomic E-state index is 5.76. The molecule has 0 aromatic carbocycles. The molecule has 3 aromatic heterocycles. The third-order valence-corrected chi connectivity index (χ3v) is 4.86. The molecule has 6 heteroatoms. The van der Waals surface area contributed by atoms with Crippen LogP contribution in [0.25, 0.3) is 10.2 Å². The van der Waals surface area contributed by atoms with Crippen LogP contribution < -0.4 is 11.1 Å². The summed E-state index contributed by atoms with van der Waals surface area (Å²) in [4.78, 5) is 12.2. The van der Waals surface area contributed by atoms with E-state index < -0.39 is 0 Å². The summed E-state index contributed by atoms with van der Waals surface area (Å²) in [5.41, 5.74) is 5.76. The van der Waals surface area contributed by atoms with E-state index in [1.807, 2.05) is 22.8 Å². The second-order valence-electron chi connectivity index (χ2n) is 4.83. The van der Waals surface area contributed by atoms with Crippen molar-refractivity contribution < 1.29 is 0 Å². The predicted molar refractivity (Wildman–Crippen MR) is 87.7 cm³/mol. The summed E-state index contributed by atoms with van der Waals surface area (Å²) < 4.78 is 0. The molecule has 3 heterocycles. The second kappa shape index (κ2) is 5.38. The molecule has 3 aromatic rings. The minimum atomic E-state index is 0.297. The van der Waals surface area contributed by atoms with Crippen LogP contribution in [0.3, 0.4) is 0 Å². The van der Waals surface area contributed by atoms with Gasteiger partial charge in [-0.1, -0.05) is 0 Å². The fraction of sp³-hybridized carbons (Fsp3) is 0.286. The normalized spacial score (nSPS) is 12.7. The number of hydrogen-bond donors (Lipinski definition) is 2. The summed E-state index contributed by atoms with van der Waals surface area (Å²) in [6.07, 6.45) is 0.980. The number of rotatable bonds is 4. The molecule has 0 radical (unpaired) electrons. The van der Waals surface area contributed by atoms with Crippen LogP contribution in [0.2, 0.25) is 0 Å². The van der Waals surface area contributed by atoms with Crippen molar-refractivity contribution in [1.29, 1.82) is 0 Å². The van der Waals surface area contributed by atoms with Crippen LogP contribution >= 0.6 is 22.7 Å². The summed E-state index contributed by atoms with van der Waals surface area (Å²) in [6.45, 7) is 4.29. The lowest BCUT2D eigenvalue weighted by molar-refractivity contribution is 0.796. The number of nitrogens with two attached hydrogens (primary N) is 1. The van der Waals surface area contributed by atoms with Gasteiger partial charge in [-0.3, -0.25) is 0 Å². The first kappa shape index (κ1) is 13.3. The van der Waals surface area contributed by atoms with Gasteiger partial charge in [0.25, 0.3) is 0 Å². The third kappa shape index (κ3) is 2.76. The number of aromatic nitrogens is 2. The predicted octanol–water partition coefficient (Wildman–Crippen LogP) is 3.69. The van der Waals surface area contributed by atoms with Gasteiger partial charge < -0.3 is 11.1 Å². The molecule has 0 bridgehead atoms. The quantitative estimate of drug-likeness (QED) is 0.771. The summed E-state index contributed by atoms with van der Waals surface area (Å²) >= 11 is 3.42. The van der Waals surface area contributed by atoms with Crippen LogP contribution in [0, 0.1) is 6.92 Å². The van der Waals surface area contributed by atoms with Gasteiger partial charge in [0.2, 0.25) is 5.95 Å². The first-order valence-corrected chi connectivity index (χ1v) is 8.14. The molecule has 3 N–H and O–H groups in total. The fourth-order valence-electron chi connectivity index (χ4n) is 2.16. The Morgan fingerprint density at radius 3 is 2.90 bits per heavy atom. The third-order valence-electron chi connectivity index (χ3n) is 3.03. The average molecular weight is 304 g/mol. The van der Waals surface area contributed by atoms with E-state index >= 15 is 0 Å². The Hall–Kier alpha value is -1.66. The zero-order valence-electron chi connectivity index (χ0n) is 11.4. The van der Waals surface area contributed by atoms with Crippen molar-refractivity contribution in [2.45, 2.75) is 26.3 Å². The number of hydrogen-bond acceptors (Lipinski definition) is 6. The van der Waals surface area contributed by atoms with E-state index in [2.05, 4.69) is 41.3 Å². The van der Waals surface area contributed by atoms with Gasteiger partial charge in [0.15, 0.2) is 0 Å². The monoisotopic (exact) mass is 304 g/mol. The van der Waals surface area contributed by atoms with E-state index in [4.69, 9.17) is 5.73 Å². The molecule has 0 amide bonds. The van der Waals surface area contributed by atoms with Gasteiger partial charge in [-0.25, -0.2) is 4.98 Å². The molecule has 1 unspecified atom stereocenters. The molecule has 0 saturated carbocycles. The SMILES string of the molecule is Cc1ccc(CC(C)Nc2nc(N)nc3sccc23)s1. The molecule has 0 saturated heterocycles. The van der Waals surface area contributed by atoms with Crippen molar-refractivity contribution in [1.82, 2.24) is 9.97 Å². The maximum Gasteiger partial charge on any atom is 0.223 e. The minimum absolute atomic E-state index is 0.297. The summed E-state index contributed by atoms with van der Waals surface area (Å²) in [6, 6.07) is 6.67. The molecule has 0 fully saturated rings. The van der Waals surface area contributed by atoms with Crippen molar-refractivity contribution in [2.75, 3.05) is 11.1 Å². The van der Waals surface area contributed by atoms with Crippen LogP contribution in [0.1, 0.15) is 16.7 Å². The van der Waals surface area contributed by atoms with Gasteiger partial charge in [0, 0.05) is 22.2 Å². The molecular weight excluding hydrogens is 288 g/mol. The highest BCUT2D eigenvalue weighted by Gasteiger charge is 2.11. The van der Waals surface area contributed by atoms with Crippen molar-refractivity contribution in [3.05, 3.63) is 33.3 Å². The number of aryl methyl sites for hydroxylation is 1. The summed E-state index contributed by atoms with van der Waals surface area (Å²) in [5, 5.41) is 6.50. The average Bonchev–Trinajstić information content (AvgIpc) is 2.98. The summed E-state index contributed by atoms with van der Waals surface area (Å²) in [7, 11) is 0. The molecule has 3 rings (SSSR count). The smallest absolute Gasteiger partial charge is 0.223 e. The van der Waals surface area contributed by atoms with E-state index in [-0.39, 0.29) is 0 Å². The lowest BCUT2D eigenvalue weighted by Crippen LogP contribution is -2.19. The molecule has 4 nitrogen and oxygen atoms in total. The zero-order chi connectivity index (χ0) is 14.1. The first-order chi connectivity index (χ1) is 9.61. The van der Waals surface area contributed by atoms with Gasteiger partial charge in [-0.15, -0.1) is 22.7 Å². The number of nitrogen functional groups attached to an aromatic ring is 1. The van der Waals surface area contributed by atoms with Gasteiger partial charge >= 0.3 is 0 Å². The van der Waals surface area contributed by atoms with E-state index in [0.29, 0.717) is 12.0 Å². The Kier molecular flexibility index (Phi) is 3.58. The molecule has 0 aliphatic heterocycles. The Morgan fingerprint density at radius 1 is 1.30 bits per heavy atom. The summed E-state index contributed by atoms with van der Waals surface area (Å²) in [5.74, 6) is 1.15. The van der Waals surface area contributed by atoms with Gasteiger partial charge in [0.05, 0.1) is 5.39 Å². The number of nitrogens with zero attached hydrogens (tertiary/aromatic N) is 2. The Labute approximate surface area is 125 Å². The highest BCUT2D eigenvalue weighted by molar-refractivity contribution is 7.16. The van der Waals surface area contributed by atoms with Crippen molar-refractivity contribution in [3.8, 4) is 0 Å². The Morgan fingerprint density at radius 2 is 2.15 bits per heavy atom. The minimum Gasteiger partial charge on any atom is -0.368 e. The lowest BCUT2D eigenvalue weighted by atomic mass is 10.2. The van der Waals surface area contributed by atoms with E-state index in [1.54, 1.807) is 11.3 Å². The second-order valence-corrected chi connectivity index (χ2v) is 7.10. The van der Waals surface area contributed by atoms with Crippen molar-refractivity contribution in [2.24, 2.45) is 0 Å². The van der Waals surface area contributed by atoms with Crippen LogP contribution in [0.15, 0.2) is 23.6 Å². The van der Waals surface area contributed by atoms with Gasteiger partial charge in [0.1, 0.15) is 10.6 Å². The van der Waals surface area contributed by atoms with Crippen LogP contribution in [-0.4, -0.2) is 16.0 Å². The van der Waals surface area contributed by atoms with Crippen molar-refractivity contribution >= 4 is 44.7 Å². The van der Waals surface area contributed by atoms with E-state index in [1.165, 1.54) is 9.75 Å². The van der Waals surface area contributed by atoms with E-state index in [0.717, 1.165) is 22.5 Å². The molecule has 1 atom stereocenters. The molecular formula is C14H16N4S2. The topological polar surface area (TPSA) is 63.8 Å². The number of fused-ring (bicyclic) bond motifs is 1. The maximum atomic E-state index is 5.76. The molecule has 20 heavy (non-hydrogen) atoms. The highest BCUT2D eigenvalue weighted by Crippen LogP contribution is 2.26. The molecule has 104 valence electrons.